The number of pyridine rings is 1. The molecule has 1 atom stereocenters. The van der Waals surface area contributed by atoms with E-state index < -0.39 is 5.95 Å². The van der Waals surface area contributed by atoms with Crippen molar-refractivity contribution in [1.29, 1.82) is 0 Å². The van der Waals surface area contributed by atoms with Gasteiger partial charge in [0.05, 0.1) is 5.92 Å². The third kappa shape index (κ3) is 3.18. The first-order valence-corrected chi connectivity index (χ1v) is 5.10. The number of hydrogen-bond acceptors (Lipinski definition) is 3. The first kappa shape index (κ1) is 12.4. The molecule has 0 fully saturated rings. The summed E-state index contributed by atoms with van der Waals surface area (Å²) < 4.78 is 12.9. The summed E-state index contributed by atoms with van der Waals surface area (Å²) in [7, 11) is 3.38. The molecule has 0 aliphatic heterocycles. The molecule has 5 heteroatoms. The highest BCUT2D eigenvalue weighted by Gasteiger charge is 2.14. The summed E-state index contributed by atoms with van der Waals surface area (Å²) in [6.07, 6.45) is 0. The van der Waals surface area contributed by atoms with Crippen LogP contribution in [0.5, 0.6) is 0 Å². The Bertz CT molecular complexity index is 370. The molecular weight excluding hydrogens is 209 g/mol. The number of nitrogens with zero attached hydrogens (tertiary/aromatic N) is 2. The number of amides is 1. The van der Waals surface area contributed by atoms with E-state index in [-0.39, 0.29) is 11.8 Å². The number of halogens is 1. The van der Waals surface area contributed by atoms with Crippen molar-refractivity contribution in [3.05, 3.63) is 24.1 Å². The minimum atomic E-state index is -0.517. The molecule has 1 aromatic rings. The molecule has 1 amide bonds. The molecule has 0 saturated carbocycles. The van der Waals surface area contributed by atoms with Gasteiger partial charge < -0.3 is 10.2 Å². The first-order valence-electron chi connectivity index (χ1n) is 5.10. The SMILES string of the molecule is CNC(=O)C(C)CN(C)c1cccc(F)n1. The van der Waals surface area contributed by atoms with Crippen molar-refractivity contribution in [3.63, 3.8) is 0 Å². The van der Waals surface area contributed by atoms with E-state index in [0.29, 0.717) is 12.4 Å². The second-order valence-electron chi connectivity index (χ2n) is 3.71. The van der Waals surface area contributed by atoms with Crippen LogP contribution in [0.3, 0.4) is 0 Å². The van der Waals surface area contributed by atoms with Crippen LogP contribution in [0.4, 0.5) is 10.2 Å². The number of carbonyl (C=O) groups excluding carboxylic acids is 1. The number of hydrogen-bond donors (Lipinski definition) is 1. The lowest BCUT2D eigenvalue weighted by Crippen LogP contribution is -2.34. The molecule has 4 nitrogen and oxygen atoms in total. The summed E-state index contributed by atoms with van der Waals surface area (Å²) in [4.78, 5) is 16.8. The predicted octanol–water partition coefficient (Wildman–Crippen LogP) is 1.04. The summed E-state index contributed by atoms with van der Waals surface area (Å²) in [6, 6.07) is 4.60. The van der Waals surface area contributed by atoms with Crippen LogP contribution in [0, 0.1) is 11.9 Å². The van der Waals surface area contributed by atoms with Crippen molar-refractivity contribution >= 4 is 11.7 Å². The molecule has 88 valence electrons. The maximum Gasteiger partial charge on any atom is 0.224 e. The number of carbonyl (C=O) groups is 1. The number of nitrogens with one attached hydrogen (secondary N) is 1. The zero-order chi connectivity index (χ0) is 12.1. The zero-order valence-electron chi connectivity index (χ0n) is 9.70. The number of rotatable bonds is 4. The molecular formula is C11H16FN3O. The van der Waals surface area contributed by atoms with Gasteiger partial charge in [-0.25, -0.2) is 4.98 Å². The highest BCUT2D eigenvalue weighted by atomic mass is 19.1. The molecule has 1 aromatic heterocycles. The van der Waals surface area contributed by atoms with E-state index in [0.717, 1.165) is 0 Å². The van der Waals surface area contributed by atoms with Crippen LogP contribution in [0.1, 0.15) is 6.92 Å². The highest BCUT2D eigenvalue weighted by Crippen LogP contribution is 2.11. The van der Waals surface area contributed by atoms with Gasteiger partial charge in [0, 0.05) is 20.6 Å². The fourth-order valence-electron chi connectivity index (χ4n) is 1.44. The second kappa shape index (κ2) is 5.44. The Kier molecular flexibility index (Phi) is 4.22. The molecule has 0 aromatic carbocycles. The van der Waals surface area contributed by atoms with E-state index in [2.05, 4.69) is 10.3 Å². The van der Waals surface area contributed by atoms with Gasteiger partial charge in [-0.05, 0) is 12.1 Å². The maximum absolute atomic E-state index is 12.9. The lowest BCUT2D eigenvalue weighted by atomic mass is 10.1. The van der Waals surface area contributed by atoms with Crippen molar-refractivity contribution in [2.45, 2.75) is 6.92 Å². The van der Waals surface area contributed by atoms with Gasteiger partial charge in [-0.15, -0.1) is 0 Å². The topological polar surface area (TPSA) is 45.2 Å². The third-order valence-corrected chi connectivity index (χ3v) is 2.33. The van der Waals surface area contributed by atoms with Gasteiger partial charge >= 0.3 is 0 Å². The van der Waals surface area contributed by atoms with Crippen LogP contribution in [0.2, 0.25) is 0 Å². The van der Waals surface area contributed by atoms with Crippen molar-refractivity contribution in [2.24, 2.45) is 5.92 Å². The largest absolute Gasteiger partial charge is 0.359 e. The van der Waals surface area contributed by atoms with Crippen molar-refractivity contribution in [3.8, 4) is 0 Å². The molecule has 0 aliphatic carbocycles. The average molecular weight is 225 g/mol. The second-order valence-corrected chi connectivity index (χ2v) is 3.71. The molecule has 1 unspecified atom stereocenters. The average Bonchev–Trinajstić information content (AvgIpc) is 2.27. The van der Waals surface area contributed by atoms with Crippen molar-refractivity contribution < 1.29 is 9.18 Å². The molecule has 0 radical (unpaired) electrons. The Morgan fingerprint density at radius 2 is 2.31 bits per heavy atom. The fraction of sp³-hybridized carbons (Fsp3) is 0.455. The molecule has 0 bridgehead atoms. The van der Waals surface area contributed by atoms with Gasteiger partial charge in [-0.1, -0.05) is 13.0 Å². The van der Waals surface area contributed by atoms with Crippen molar-refractivity contribution in [1.82, 2.24) is 10.3 Å². The van der Waals surface area contributed by atoms with Crippen LogP contribution in [0.15, 0.2) is 18.2 Å². The summed E-state index contributed by atoms with van der Waals surface area (Å²) in [6.45, 7) is 2.31. The Morgan fingerprint density at radius 3 is 2.88 bits per heavy atom. The van der Waals surface area contributed by atoms with E-state index in [4.69, 9.17) is 0 Å². The molecule has 0 spiro atoms. The Morgan fingerprint density at radius 1 is 1.62 bits per heavy atom. The minimum absolute atomic E-state index is 0.0387. The standard InChI is InChI=1S/C11H16FN3O/c1-8(11(16)13-2)7-15(3)10-6-4-5-9(12)14-10/h4-6,8H,7H2,1-3H3,(H,13,16). The van der Waals surface area contributed by atoms with Gasteiger partial charge in [0.2, 0.25) is 11.9 Å². The molecule has 1 rings (SSSR count). The normalized spacial score (nSPS) is 12.0. The van der Waals surface area contributed by atoms with E-state index in [1.165, 1.54) is 6.07 Å². The van der Waals surface area contributed by atoms with Crippen LogP contribution >= 0.6 is 0 Å². The van der Waals surface area contributed by atoms with Crippen LogP contribution in [-0.4, -0.2) is 31.5 Å². The summed E-state index contributed by atoms with van der Waals surface area (Å²) in [5.74, 6) is -0.198. The predicted molar refractivity (Wildman–Crippen MR) is 60.7 cm³/mol. The molecule has 0 aliphatic rings. The lowest BCUT2D eigenvalue weighted by Gasteiger charge is -2.21. The maximum atomic E-state index is 12.9. The molecule has 1 heterocycles. The van der Waals surface area contributed by atoms with Gasteiger partial charge in [0.25, 0.3) is 0 Å². The van der Waals surface area contributed by atoms with Gasteiger partial charge in [0.1, 0.15) is 5.82 Å². The van der Waals surface area contributed by atoms with Crippen LogP contribution < -0.4 is 10.2 Å². The van der Waals surface area contributed by atoms with Crippen molar-refractivity contribution in [2.75, 3.05) is 25.5 Å². The summed E-state index contributed by atoms with van der Waals surface area (Å²) in [5, 5.41) is 2.57. The van der Waals surface area contributed by atoms with Gasteiger partial charge in [-0.2, -0.15) is 4.39 Å². The van der Waals surface area contributed by atoms with E-state index >= 15 is 0 Å². The van der Waals surface area contributed by atoms with Gasteiger partial charge in [0.15, 0.2) is 0 Å². The van der Waals surface area contributed by atoms with E-state index in [9.17, 15) is 9.18 Å². The smallest absolute Gasteiger partial charge is 0.224 e. The van der Waals surface area contributed by atoms with Gasteiger partial charge in [-0.3, -0.25) is 4.79 Å². The Labute approximate surface area is 94.5 Å². The molecule has 1 N–H and O–H groups in total. The first-order chi connectivity index (χ1) is 7.54. The highest BCUT2D eigenvalue weighted by molar-refractivity contribution is 5.78. The van der Waals surface area contributed by atoms with Crippen LogP contribution in [-0.2, 0) is 4.79 Å². The number of anilines is 1. The monoisotopic (exact) mass is 225 g/mol. The quantitative estimate of drug-likeness (QED) is 0.779. The zero-order valence-corrected chi connectivity index (χ0v) is 9.70. The molecule has 0 saturated heterocycles. The Balaban J connectivity index is 2.65. The lowest BCUT2D eigenvalue weighted by molar-refractivity contribution is -0.123. The van der Waals surface area contributed by atoms with E-state index in [1.54, 1.807) is 31.1 Å². The number of aromatic nitrogens is 1. The van der Waals surface area contributed by atoms with E-state index in [1.807, 2.05) is 6.92 Å². The Hall–Kier alpha value is -1.65. The molecule has 16 heavy (non-hydrogen) atoms. The summed E-state index contributed by atoms with van der Waals surface area (Å²) >= 11 is 0. The minimum Gasteiger partial charge on any atom is -0.359 e. The summed E-state index contributed by atoms with van der Waals surface area (Å²) in [5.41, 5.74) is 0. The third-order valence-electron chi connectivity index (χ3n) is 2.33. The van der Waals surface area contributed by atoms with Crippen LogP contribution in [0.25, 0.3) is 0 Å². The fourth-order valence-corrected chi connectivity index (χ4v) is 1.44.